The van der Waals surface area contributed by atoms with E-state index in [0.29, 0.717) is 17.7 Å². The van der Waals surface area contributed by atoms with E-state index in [2.05, 4.69) is 18.2 Å². The van der Waals surface area contributed by atoms with Crippen LogP contribution in [0.5, 0.6) is 5.75 Å². The van der Waals surface area contributed by atoms with Gasteiger partial charge in [-0.2, -0.15) is 5.26 Å². The number of nitrogens with zero attached hydrogens (tertiary/aromatic N) is 2. The van der Waals surface area contributed by atoms with Gasteiger partial charge in [0, 0.05) is 23.6 Å². The van der Waals surface area contributed by atoms with Gasteiger partial charge in [-0.05, 0) is 44.7 Å². The first-order chi connectivity index (χ1) is 14.5. The van der Waals surface area contributed by atoms with E-state index in [0.717, 1.165) is 23.4 Å². The summed E-state index contributed by atoms with van der Waals surface area (Å²) in [5.41, 5.74) is 4.22. The summed E-state index contributed by atoms with van der Waals surface area (Å²) in [6.07, 6.45) is 1.21. The standard InChI is InChI=1S/C26H26N2O2/c1-16(2)30-24-12-8-7-11-20(24)25-21(15-27)17(3)28-22-13-19(14-23(29)26(22)25)18-9-5-4-6-10-18/h4-12,16,19,25-26H,13-14H2,1-3H3/t19-,25+,26-/m0/s1. The second-order valence-electron chi connectivity index (χ2n) is 8.36. The first-order valence-electron chi connectivity index (χ1n) is 10.5. The maximum absolute atomic E-state index is 13.4. The molecule has 30 heavy (non-hydrogen) atoms. The molecule has 4 rings (SSSR count). The number of rotatable bonds is 4. The minimum atomic E-state index is -0.403. The molecule has 0 amide bonds. The number of para-hydroxylation sites is 1. The summed E-state index contributed by atoms with van der Waals surface area (Å²) in [4.78, 5) is 18.2. The maximum Gasteiger partial charge on any atom is 0.143 e. The summed E-state index contributed by atoms with van der Waals surface area (Å²) in [5, 5.41) is 9.94. The second-order valence-corrected chi connectivity index (χ2v) is 8.36. The first-order valence-corrected chi connectivity index (χ1v) is 10.5. The average Bonchev–Trinajstić information content (AvgIpc) is 2.73. The number of carbonyl (C=O) groups is 1. The largest absolute Gasteiger partial charge is 0.491 e. The highest BCUT2D eigenvalue weighted by Gasteiger charge is 2.45. The Labute approximate surface area is 177 Å². The molecule has 0 aromatic heterocycles. The molecule has 0 bridgehead atoms. The van der Waals surface area contributed by atoms with Gasteiger partial charge in [-0.25, -0.2) is 0 Å². The van der Waals surface area contributed by atoms with E-state index in [1.807, 2.05) is 63.2 Å². The van der Waals surface area contributed by atoms with Crippen molar-refractivity contribution in [2.45, 2.75) is 51.6 Å². The fourth-order valence-corrected chi connectivity index (χ4v) is 4.71. The number of carbonyl (C=O) groups excluding carboxylic acids is 1. The number of aliphatic imine (C=N–C) groups is 1. The molecule has 1 saturated carbocycles. The van der Waals surface area contributed by atoms with Crippen LogP contribution in [0.4, 0.5) is 0 Å². The average molecular weight is 399 g/mol. The minimum Gasteiger partial charge on any atom is -0.491 e. The van der Waals surface area contributed by atoms with Crippen LogP contribution < -0.4 is 4.74 Å². The summed E-state index contributed by atoms with van der Waals surface area (Å²) in [7, 11) is 0. The van der Waals surface area contributed by atoms with Gasteiger partial charge in [0.05, 0.1) is 29.4 Å². The van der Waals surface area contributed by atoms with Crippen molar-refractivity contribution in [2.75, 3.05) is 0 Å². The zero-order valence-corrected chi connectivity index (χ0v) is 17.6. The molecular weight excluding hydrogens is 372 g/mol. The highest BCUT2D eigenvalue weighted by Crippen LogP contribution is 2.47. The van der Waals surface area contributed by atoms with Crippen LogP contribution in [-0.4, -0.2) is 17.6 Å². The van der Waals surface area contributed by atoms with Gasteiger partial charge in [-0.15, -0.1) is 0 Å². The lowest BCUT2D eigenvalue weighted by Gasteiger charge is -2.37. The van der Waals surface area contributed by atoms with Gasteiger partial charge in [0.25, 0.3) is 0 Å². The van der Waals surface area contributed by atoms with Gasteiger partial charge in [-0.1, -0.05) is 48.5 Å². The van der Waals surface area contributed by atoms with Crippen molar-refractivity contribution in [1.29, 1.82) is 5.26 Å². The van der Waals surface area contributed by atoms with E-state index in [4.69, 9.17) is 9.73 Å². The van der Waals surface area contributed by atoms with Crippen LogP contribution in [0.25, 0.3) is 0 Å². The number of Topliss-reactive ketones (excluding diaryl/α,β-unsaturated/α-hetero) is 1. The first kappa shape index (κ1) is 20.1. The number of ether oxygens (including phenoxy) is 1. The monoisotopic (exact) mass is 398 g/mol. The number of benzene rings is 2. The van der Waals surface area contributed by atoms with Crippen LogP contribution >= 0.6 is 0 Å². The van der Waals surface area contributed by atoms with Crippen molar-refractivity contribution >= 4 is 11.5 Å². The molecule has 0 spiro atoms. The van der Waals surface area contributed by atoms with Gasteiger partial charge in [0.15, 0.2) is 0 Å². The molecule has 4 heteroatoms. The van der Waals surface area contributed by atoms with Crippen molar-refractivity contribution in [3.63, 3.8) is 0 Å². The highest BCUT2D eigenvalue weighted by atomic mass is 16.5. The quantitative estimate of drug-likeness (QED) is 0.676. The lowest BCUT2D eigenvalue weighted by atomic mass is 9.66. The smallest absolute Gasteiger partial charge is 0.143 e. The SMILES string of the molecule is CC1=C(C#N)[C@@H](c2ccccc2OC(C)C)[C@@H]2C(=O)C[C@@H](c3ccccc3)CC2=N1. The van der Waals surface area contributed by atoms with E-state index >= 15 is 0 Å². The second kappa shape index (κ2) is 8.28. The van der Waals surface area contributed by atoms with Crippen molar-refractivity contribution in [1.82, 2.24) is 0 Å². The van der Waals surface area contributed by atoms with E-state index in [-0.39, 0.29) is 23.7 Å². The predicted molar refractivity (Wildman–Crippen MR) is 118 cm³/mol. The van der Waals surface area contributed by atoms with Gasteiger partial charge in [-0.3, -0.25) is 9.79 Å². The highest BCUT2D eigenvalue weighted by molar-refractivity contribution is 6.10. The van der Waals surface area contributed by atoms with Crippen molar-refractivity contribution in [2.24, 2.45) is 10.9 Å². The van der Waals surface area contributed by atoms with Crippen LogP contribution in [0.2, 0.25) is 0 Å². The normalized spacial score (nSPS) is 23.6. The molecule has 0 unspecified atom stereocenters. The summed E-state index contributed by atoms with van der Waals surface area (Å²) in [6.45, 7) is 5.83. The van der Waals surface area contributed by atoms with Crippen LogP contribution in [0, 0.1) is 17.2 Å². The number of ketones is 1. The van der Waals surface area contributed by atoms with Crippen LogP contribution in [0.3, 0.4) is 0 Å². The number of fused-ring (bicyclic) bond motifs is 1. The Morgan fingerprint density at radius 1 is 1.03 bits per heavy atom. The Bertz CT molecular complexity index is 1060. The van der Waals surface area contributed by atoms with E-state index < -0.39 is 5.92 Å². The third kappa shape index (κ3) is 3.68. The Hall–Kier alpha value is -3.19. The van der Waals surface area contributed by atoms with Crippen molar-refractivity contribution < 1.29 is 9.53 Å². The summed E-state index contributed by atoms with van der Waals surface area (Å²) in [5.74, 6) is 0.269. The van der Waals surface area contributed by atoms with Gasteiger partial charge in [0.1, 0.15) is 11.5 Å². The summed E-state index contributed by atoms with van der Waals surface area (Å²) in [6, 6.07) is 20.3. The molecule has 2 aliphatic rings. The molecular formula is C26H26N2O2. The molecule has 1 aliphatic heterocycles. The molecule has 0 N–H and O–H groups in total. The number of hydrogen-bond donors (Lipinski definition) is 0. The van der Waals surface area contributed by atoms with E-state index in [1.54, 1.807) is 0 Å². The van der Waals surface area contributed by atoms with Crippen LogP contribution in [-0.2, 0) is 4.79 Å². The lowest BCUT2D eigenvalue weighted by molar-refractivity contribution is -0.122. The van der Waals surface area contributed by atoms with Gasteiger partial charge >= 0.3 is 0 Å². The number of allylic oxidation sites excluding steroid dienone is 2. The Morgan fingerprint density at radius 3 is 2.43 bits per heavy atom. The summed E-state index contributed by atoms with van der Waals surface area (Å²) >= 11 is 0. The van der Waals surface area contributed by atoms with Crippen molar-refractivity contribution in [3.05, 3.63) is 77.0 Å². The maximum atomic E-state index is 13.4. The molecule has 0 radical (unpaired) electrons. The molecule has 2 aromatic carbocycles. The predicted octanol–water partition coefficient (Wildman–Crippen LogP) is 5.57. The molecule has 0 saturated heterocycles. The molecule has 1 heterocycles. The van der Waals surface area contributed by atoms with E-state index in [9.17, 15) is 10.1 Å². The fourth-order valence-electron chi connectivity index (χ4n) is 4.71. The molecule has 4 nitrogen and oxygen atoms in total. The van der Waals surface area contributed by atoms with Gasteiger partial charge in [0.2, 0.25) is 0 Å². The van der Waals surface area contributed by atoms with E-state index in [1.165, 1.54) is 5.56 Å². The van der Waals surface area contributed by atoms with Crippen LogP contribution in [0.15, 0.2) is 70.9 Å². The Morgan fingerprint density at radius 2 is 1.73 bits per heavy atom. The van der Waals surface area contributed by atoms with Crippen LogP contribution in [0.1, 0.15) is 56.6 Å². The minimum absolute atomic E-state index is 0.00279. The number of nitriles is 1. The molecule has 3 atom stereocenters. The lowest BCUT2D eigenvalue weighted by Crippen LogP contribution is -2.39. The summed E-state index contributed by atoms with van der Waals surface area (Å²) < 4.78 is 6.05. The fraction of sp³-hybridized carbons (Fsp3) is 0.346. The van der Waals surface area contributed by atoms with Crippen molar-refractivity contribution in [3.8, 4) is 11.8 Å². The molecule has 2 aromatic rings. The van der Waals surface area contributed by atoms with Gasteiger partial charge < -0.3 is 4.74 Å². The molecule has 152 valence electrons. The zero-order chi connectivity index (χ0) is 21.3. The number of hydrogen-bond acceptors (Lipinski definition) is 4. The third-order valence-electron chi connectivity index (χ3n) is 5.96. The third-order valence-corrected chi connectivity index (χ3v) is 5.96. The molecule has 1 fully saturated rings. The zero-order valence-electron chi connectivity index (χ0n) is 17.6. The molecule has 1 aliphatic carbocycles. The Balaban J connectivity index is 1.78. The Kier molecular flexibility index (Phi) is 5.55. The topological polar surface area (TPSA) is 62.4 Å².